The minimum atomic E-state index is -0.491. The molecule has 0 spiro atoms. The Bertz CT molecular complexity index is 1390. The van der Waals surface area contributed by atoms with Crippen molar-refractivity contribution in [3.8, 4) is 0 Å². The van der Waals surface area contributed by atoms with Gasteiger partial charge in [0.05, 0.1) is 11.3 Å². The molecule has 0 amide bonds. The number of benzene rings is 4. The number of hydrogen-bond acceptors (Lipinski definition) is 7. The first-order chi connectivity index (χ1) is 19.7. The average Bonchev–Trinajstić information content (AvgIpc) is 2.98. The van der Waals surface area contributed by atoms with Gasteiger partial charge in [0.2, 0.25) is 0 Å². The maximum atomic E-state index is 12.2. The second-order valence-corrected chi connectivity index (χ2v) is 10.1. The van der Waals surface area contributed by atoms with Crippen LogP contribution in [0, 0.1) is 0 Å². The van der Waals surface area contributed by atoms with E-state index in [1.165, 1.54) is 12.5 Å². The predicted octanol–water partition coefficient (Wildman–Crippen LogP) is 6.94. The second-order valence-electron chi connectivity index (χ2n) is 9.23. The van der Waals surface area contributed by atoms with Crippen LogP contribution in [0.15, 0.2) is 108 Å². The molecule has 0 unspecified atom stereocenters. The molecular weight excluding hydrogens is 596 g/mol. The predicted molar refractivity (Wildman–Crippen MR) is 170 cm³/mol. The summed E-state index contributed by atoms with van der Waals surface area (Å²) in [6.07, 6.45) is 0. The number of ether oxygens (including phenoxy) is 2. The number of halogens is 1. The van der Waals surface area contributed by atoms with Crippen molar-refractivity contribution in [2.24, 2.45) is 0 Å². The largest absolute Gasteiger partial charge is 0.462 e. The summed E-state index contributed by atoms with van der Waals surface area (Å²) >= 11 is 3.40. The number of hydrogen-bond donors (Lipinski definition) is 1. The van der Waals surface area contributed by atoms with Crippen LogP contribution in [-0.4, -0.2) is 42.9 Å². The van der Waals surface area contributed by atoms with Crippen LogP contribution in [0.5, 0.6) is 0 Å². The van der Waals surface area contributed by atoms with Gasteiger partial charge in [0, 0.05) is 35.6 Å². The van der Waals surface area contributed by atoms with Gasteiger partial charge in [-0.15, -0.1) is 0 Å². The van der Waals surface area contributed by atoms with Crippen LogP contribution in [0.3, 0.4) is 0 Å². The summed E-state index contributed by atoms with van der Waals surface area (Å²) in [5.41, 5.74) is 10.6. The van der Waals surface area contributed by atoms with E-state index in [0.717, 1.165) is 23.2 Å². The standard InChI is InChI=1S/C20H23BrN2O4.C13H10O.CH4/c1-14(24)26-8-9-27-20(25)16-10-17(19(22)18(21)11-16)13-23(2)12-15-6-4-3-5-7-15;14-13(11-7-3-1-4-8-11)12-9-5-2-6-10-12;/h3-7,10-11H,8-9,12-13,22H2,1-2H3;1-10H;1H4. The van der Waals surface area contributed by atoms with Crippen LogP contribution in [0.2, 0.25) is 0 Å². The summed E-state index contributed by atoms with van der Waals surface area (Å²) in [5, 5.41) is 0. The molecule has 0 saturated carbocycles. The van der Waals surface area contributed by atoms with Crippen LogP contribution in [0.4, 0.5) is 5.69 Å². The van der Waals surface area contributed by atoms with Crippen molar-refractivity contribution in [3.63, 3.8) is 0 Å². The maximum Gasteiger partial charge on any atom is 0.338 e. The average molecular weight is 634 g/mol. The summed E-state index contributed by atoms with van der Waals surface area (Å²) in [7, 11) is 1.99. The molecule has 0 fully saturated rings. The van der Waals surface area contributed by atoms with Crippen molar-refractivity contribution in [2.75, 3.05) is 26.0 Å². The Morgan fingerprint density at radius 2 is 1.24 bits per heavy atom. The van der Waals surface area contributed by atoms with E-state index in [1.54, 1.807) is 12.1 Å². The number of nitrogens with zero attached hydrogens (tertiary/aromatic N) is 1. The zero-order valence-corrected chi connectivity index (χ0v) is 24.7. The SMILES string of the molecule is C.CC(=O)OCCOC(=O)c1cc(Br)c(N)c(CN(C)Cc2ccccc2)c1.O=C(c1ccccc1)c1ccccc1. The van der Waals surface area contributed by atoms with Crippen molar-refractivity contribution in [2.45, 2.75) is 27.4 Å². The second kappa shape index (κ2) is 17.5. The van der Waals surface area contributed by atoms with E-state index in [0.29, 0.717) is 22.3 Å². The van der Waals surface area contributed by atoms with Crippen LogP contribution in [-0.2, 0) is 27.4 Å². The zero-order chi connectivity index (χ0) is 29.6. The Hall–Kier alpha value is -4.27. The van der Waals surface area contributed by atoms with Crippen molar-refractivity contribution in [1.82, 2.24) is 4.90 Å². The number of nitrogens with two attached hydrogens (primary N) is 1. The molecule has 0 aliphatic rings. The highest BCUT2D eigenvalue weighted by Crippen LogP contribution is 2.27. The first-order valence-electron chi connectivity index (χ1n) is 13.0. The van der Waals surface area contributed by atoms with Crippen molar-refractivity contribution >= 4 is 39.3 Å². The number of esters is 2. The van der Waals surface area contributed by atoms with Crippen molar-refractivity contribution in [3.05, 3.63) is 135 Å². The lowest BCUT2D eigenvalue weighted by Gasteiger charge is -2.19. The third kappa shape index (κ3) is 11.0. The van der Waals surface area contributed by atoms with E-state index in [9.17, 15) is 14.4 Å². The van der Waals surface area contributed by atoms with E-state index in [1.807, 2.05) is 85.9 Å². The third-order valence-corrected chi connectivity index (χ3v) is 6.54. The molecule has 0 saturated heterocycles. The van der Waals surface area contributed by atoms with Gasteiger partial charge in [0.1, 0.15) is 13.2 Å². The molecular formula is C34H37BrN2O5. The molecule has 0 aliphatic heterocycles. The minimum absolute atomic E-state index is 0. The number of carbonyl (C=O) groups is 3. The van der Waals surface area contributed by atoms with Crippen LogP contribution in [0.25, 0.3) is 0 Å². The van der Waals surface area contributed by atoms with Gasteiger partial charge in [0.15, 0.2) is 5.78 Å². The Morgan fingerprint density at radius 3 is 1.76 bits per heavy atom. The number of anilines is 1. The minimum Gasteiger partial charge on any atom is -0.462 e. The zero-order valence-electron chi connectivity index (χ0n) is 23.1. The highest BCUT2D eigenvalue weighted by atomic mass is 79.9. The van der Waals surface area contributed by atoms with Gasteiger partial charge in [-0.05, 0) is 46.2 Å². The highest BCUT2D eigenvalue weighted by molar-refractivity contribution is 9.10. The molecule has 220 valence electrons. The molecule has 4 aromatic rings. The van der Waals surface area contributed by atoms with Gasteiger partial charge in [-0.3, -0.25) is 14.5 Å². The van der Waals surface area contributed by atoms with Gasteiger partial charge in [0.25, 0.3) is 0 Å². The summed E-state index contributed by atoms with van der Waals surface area (Å²) in [6.45, 7) is 2.67. The monoisotopic (exact) mass is 632 g/mol. The van der Waals surface area contributed by atoms with Crippen molar-refractivity contribution < 1.29 is 23.9 Å². The van der Waals surface area contributed by atoms with Crippen LogP contribution in [0.1, 0.15) is 51.8 Å². The molecule has 0 heterocycles. The molecule has 0 atom stereocenters. The van der Waals surface area contributed by atoms with E-state index in [4.69, 9.17) is 15.2 Å². The molecule has 4 rings (SSSR count). The first-order valence-corrected chi connectivity index (χ1v) is 13.8. The van der Waals surface area contributed by atoms with Gasteiger partial charge in [-0.2, -0.15) is 0 Å². The van der Waals surface area contributed by atoms with Crippen LogP contribution >= 0.6 is 15.9 Å². The van der Waals surface area contributed by atoms with Gasteiger partial charge >= 0.3 is 11.9 Å². The normalized spacial score (nSPS) is 10.1. The fraction of sp³-hybridized carbons (Fsp3) is 0.206. The number of ketones is 1. The summed E-state index contributed by atoms with van der Waals surface area (Å²) in [5.74, 6) is -0.828. The third-order valence-electron chi connectivity index (χ3n) is 5.88. The Kier molecular flexibility index (Phi) is 14.2. The maximum absolute atomic E-state index is 12.2. The highest BCUT2D eigenvalue weighted by Gasteiger charge is 2.15. The summed E-state index contributed by atoms with van der Waals surface area (Å²) < 4.78 is 10.5. The van der Waals surface area contributed by atoms with E-state index < -0.39 is 11.9 Å². The molecule has 0 aliphatic carbocycles. The molecule has 42 heavy (non-hydrogen) atoms. The lowest BCUT2D eigenvalue weighted by Crippen LogP contribution is -2.19. The van der Waals surface area contributed by atoms with E-state index in [2.05, 4.69) is 33.0 Å². The number of nitrogen functional groups attached to an aromatic ring is 1. The fourth-order valence-electron chi connectivity index (χ4n) is 3.91. The van der Waals surface area contributed by atoms with Crippen molar-refractivity contribution in [1.29, 1.82) is 0 Å². The topological polar surface area (TPSA) is 98.9 Å². The molecule has 0 bridgehead atoms. The lowest BCUT2D eigenvalue weighted by atomic mass is 10.0. The fourth-order valence-corrected chi connectivity index (χ4v) is 4.42. The molecule has 0 aromatic heterocycles. The van der Waals surface area contributed by atoms with Gasteiger partial charge < -0.3 is 15.2 Å². The van der Waals surface area contributed by atoms with Gasteiger partial charge in [-0.1, -0.05) is 98.4 Å². The number of rotatable bonds is 10. The van der Waals surface area contributed by atoms with Gasteiger partial charge in [-0.25, -0.2) is 4.79 Å². The Balaban J connectivity index is 0.000000344. The van der Waals surface area contributed by atoms with E-state index in [-0.39, 0.29) is 26.4 Å². The summed E-state index contributed by atoms with van der Waals surface area (Å²) in [4.78, 5) is 36.9. The first kappa shape index (κ1) is 33.9. The molecule has 8 heteroatoms. The van der Waals surface area contributed by atoms with Crippen LogP contribution < -0.4 is 5.73 Å². The Morgan fingerprint density at radius 1 is 0.738 bits per heavy atom. The molecule has 0 radical (unpaired) electrons. The molecule has 4 aromatic carbocycles. The lowest BCUT2D eigenvalue weighted by molar-refractivity contribution is -0.142. The smallest absolute Gasteiger partial charge is 0.338 e. The molecule has 2 N–H and O–H groups in total. The number of carbonyl (C=O) groups excluding carboxylic acids is 3. The molecule has 7 nitrogen and oxygen atoms in total. The quantitative estimate of drug-likeness (QED) is 0.0875. The summed E-state index contributed by atoms with van der Waals surface area (Å²) in [6, 6.07) is 32.1. The Labute approximate surface area is 256 Å². The van der Waals surface area contributed by atoms with E-state index >= 15 is 0 Å².